The summed E-state index contributed by atoms with van der Waals surface area (Å²) in [5, 5.41) is 9.26. The molecule has 0 rings (SSSR count). The standard InChI is InChI=1S/C11H26N2O/c1-5-11(6-2,8-12)9-13(4)7-10(3)14/h10,14H,5-9,12H2,1-4H3. The summed E-state index contributed by atoms with van der Waals surface area (Å²) < 4.78 is 0. The van der Waals surface area contributed by atoms with E-state index in [4.69, 9.17) is 5.73 Å². The Bertz CT molecular complexity index is 136. The lowest BCUT2D eigenvalue weighted by atomic mass is 9.82. The van der Waals surface area contributed by atoms with Crippen LogP contribution in [-0.4, -0.2) is 42.8 Å². The average molecular weight is 202 g/mol. The van der Waals surface area contributed by atoms with Crippen molar-refractivity contribution in [1.82, 2.24) is 4.90 Å². The zero-order valence-corrected chi connectivity index (χ0v) is 10.1. The van der Waals surface area contributed by atoms with E-state index in [1.807, 2.05) is 14.0 Å². The summed E-state index contributed by atoms with van der Waals surface area (Å²) in [5.41, 5.74) is 6.04. The predicted molar refractivity (Wildman–Crippen MR) is 61.2 cm³/mol. The summed E-state index contributed by atoms with van der Waals surface area (Å²) in [7, 11) is 2.04. The average Bonchev–Trinajstić information content (AvgIpc) is 2.13. The van der Waals surface area contributed by atoms with Gasteiger partial charge in [0.25, 0.3) is 0 Å². The molecule has 1 unspecified atom stereocenters. The minimum Gasteiger partial charge on any atom is -0.392 e. The fraction of sp³-hybridized carbons (Fsp3) is 1.00. The Hall–Kier alpha value is -0.120. The molecule has 0 aromatic rings. The van der Waals surface area contributed by atoms with Crippen LogP contribution < -0.4 is 5.73 Å². The first-order valence-electron chi connectivity index (χ1n) is 5.56. The highest BCUT2D eigenvalue weighted by atomic mass is 16.3. The fourth-order valence-corrected chi connectivity index (χ4v) is 1.92. The smallest absolute Gasteiger partial charge is 0.0638 e. The molecule has 0 fully saturated rings. The highest BCUT2D eigenvalue weighted by Gasteiger charge is 2.26. The minimum absolute atomic E-state index is 0.226. The van der Waals surface area contributed by atoms with Crippen molar-refractivity contribution in [3.05, 3.63) is 0 Å². The first kappa shape index (κ1) is 13.9. The Morgan fingerprint density at radius 2 is 1.86 bits per heavy atom. The molecule has 0 saturated heterocycles. The van der Waals surface area contributed by atoms with Crippen molar-refractivity contribution in [3.63, 3.8) is 0 Å². The molecule has 0 amide bonds. The quantitative estimate of drug-likeness (QED) is 0.649. The second-order valence-electron chi connectivity index (χ2n) is 4.46. The normalized spacial score (nSPS) is 14.8. The lowest BCUT2D eigenvalue weighted by Gasteiger charge is -2.35. The maximum absolute atomic E-state index is 9.26. The van der Waals surface area contributed by atoms with Gasteiger partial charge in [0.05, 0.1) is 6.10 Å². The van der Waals surface area contributed by atoms with Crippen LogP contribution in [0.15, 0.2) is 0 Å². The Morgan fingerprint density at radius 1 is 1.36 bits per heavy atom. The van der Waals surface area contributed by atoms with E-state index in [9.17, 15) is 5.11 Å². The van der Waals surface area contributed by atoms with E-state index in [1.165, 1.54) is 0 Å². The van der Waals surface area contributed by atoms with Crippen LogP contribution in [0.25, 0.3) is 0 Å². The van der Waals surface area contributed by atoms with E-state index < -0.39 is 0 Å². The van der Waals surface area contributed by atoms with Crippen LogP contribution in [0.5, 0.6) is 0 Å². The second-order valence-corrected chi connectivity index (χ2v) is 4.46. The van der Waals surface area contributed by atoms with Crippen molar-refractivity contribution in [2.45, 2.75) is 39.7 Å². The highest BCUT2D eigenvalue weighted by Crippen LogP contribution is 2.25. The van der Waals surface area contributed by atoms with Gasteiger partial charge in [-0.2, -0.15) is 0 Å². The van der Waals surface area contributed by atoms with Crippen LogP contribution in [0, 0.1) is 5.41 Å². The van der Waals surface area contributed by atoms with Gasteiger partial charge in [0.1, 0.15) is 0 Å². The maximum Gasteiger partial charge on any atom is 0.0638 e. The zero-order chi connectivity index (χ0) is 11.2. The van der Waals surface area contributed by atoms with Gasteiger partial charge in [-0.15, -0.1) is 0 Å². The Morgan fingerprint density at radius 3 is 2.14 bits per heavy atom. The van der Waals surface area contributed by atoms with Crippen molar-refractivity contribution >= 4 is 0 Å². The van der Waals surface area contributed by atoms with Gasteiger partial charge < -0.3 is 15.7 Å². The molecule has 0 aromatic carbocycles. The number of nitrogens with zero attached hydrogens (tertiary/aromatic N) is 1. The second kappa shape index (κ2) is 6.38. The van der Waals surface area contributed by atoms with Crippen molar-refractivity contribution in [1.29, 1.82) is 0 Å². The topological polar surface area (TPSA) is 49.5 Å². The molecule has 3 heteroatoms. The Labute approximate surface area is 88.3 Å². The maximum atomic E-state index is 9.26. The summed E-state index contributed by atoms with van der Waals surface area (Å²) in [6.07, 6.45) is 1.94. The van der Waals surface area contributed by atoms with Crippen molar-refractivity contribution in [2.24, 2.45) is 11.1 Å². The summed E-state index contributed by atoms with van der Waals surface area (Å²) >= 11 is 0. The first-order valence-corrected chi connectivity index (χ1v) is 5.56. The summed E-state index contributed by atoms with van der Waals surface area (Å²) in [5.74, 6) is 0. The van der Waals surface area contributed by atoms with Gasteiger partial charge >= 0.3 is 0 Å². The van der Waals surface area contributed by atoms with Gasteiger partial charge in [0.2, 0.25) is 0 Å². The Balaban J connectivity index is 4.15. The van der Waals surface area contributed by atoms with E-state index >= 15 is 0 Å². The number of aliphatic hydroxyl groups is 1. The Kier molecular flexibility index (Phi) is 6.33. The third kappa shape index (κ3) is 4.40. The predicted octanol–water partition coefficient (Wildman–Crippen LogP) is 1.06. The number of likely N-dealkylation sites (N-methyl/N-ethyl adjacent to an activating group) is 1. The number of nitrogens with two attached hydrogens (primary N) is 1. The van der Waals surface area contributed by atoms with E-state index in [1.54, 1.807) is 0 Å². The molecule has 0 heterocycles. The molecule has 3 nitrogen and oxygen atoms in total. The van der Waals surface area contributed by atoms with E-state index in [0.717, 1.165) is 32.5 Å². The number of rotatable bonds is 7. The van der Waals surface area contributed by atoms with Gasteiger partial charge in [-0.1, -0.05) is 13.8 Å². The van der Waals surface area contributed by atoms with Crippen LogP contribution in [0.3, 0.4) is 0 Å². The molecule has 0 bridgehead atoms. The van der Waals surface area contributed by atoms with Crippen molar-refractivity contribution < 1.29 is 5.11 Å². The minimum atomic E-state index is -0.260. The van der Waals surface area contributed by atoms with Gasteiger partial charge in [-0.05, 0) is 38.8 Å². The molecule has 1 atom stereocenters. The third-order valence-corrected chi connectivity index (χ3v) is 3.11. The van der Waals surface area contributed by atoms with E-state index in [-0.39, 0.29) is 11.5 Å². The van der Waals surface area contributed by atoms with Gasteiger partial charge in [-0.3, -0.25) is 0 Å². The molecule has 0 aliphatic carbocycles. The monoisotopic (exact) mass is 202 g/mol. The molecule has 0 aliphatic rings. The van der Waals surface area contributed by atoms with Gasteiger partial charge in [0.15, 0.2) is 0 Å². The zero-order valence-electron chi connectivity index (χ0n) is 10.1. The van der Waals surface area contributed by atoms with Crippen LogP contribution in [0.2, 0.25) is 0 Å². The molecule has 14 heavy (non-hydrogen) atoms. The van der Waals surface area contributed by atoms with Crippen molar-refractivity contribution in [2.75, 3.05) is 26.7 Å². The molecule has 3 N–H and O–H groups in total. The van der Waals surface area contributed by atoms with Crippen LogP contribution in [0.4, 0.5) is 0 Å². The molecule has 0 aliphatic heterocycles. The summed E-state index contributed by atoms with van der Waals surface area (Å²) in [4.78, 5) is 2.17. The molecule has 0 spiro atoms. The van der Waals surface area contributed by atoms with Crippen LogP contribution in [0.1, 0.15) is 33.6 Å². The molecule has 0 saturated carbocycles. The largest absolute Gasteiger partial charge is 0.392 e. The fourth-order valence-electron chi connectivity index (χ4n) is 1.92. The number of aliphatic hydroxyl groups excluding tert-OH is 1. The van der Waals surface area contributed by atoms with E-state index in [0.29, 0.717) is 0 Å². The molecule has 86 valence electrons. The number of hydrogen-bond donors (Lipinski definition) is 2. The third-order valence-electron chi connectivity index (χ3n) is 3.11. The van der Waals surface area contributed by atoms with Crippen LogP contribution in [-0.2, 0) is 0 Å². The van der Waals surface area contributed by atoms with Crippen molar-refractivity contribution in [3.8, 4) is 0 Å². The molecular weight excluding hydrogens is 176 g/mol. The lowest BCUT2D eigenvalue weighted by Crippen LogP contribution is -2.42. The molecule has 0 aromatic heterocycles. The molecule has 0 radical (unpaired) electrons. The van der Waals surface area contributed by atoms with Gasteiger partial charge in [-0.25, -0.2) is 0 Å². The van der Waals surface area contributed by atoms with Crippen LogP contribution >= 0.6 is 0 Å². The summed E-state index contributed by atoms with van der Waals surface area (Å²) in [6.45, 7) is 8.62. The molecular formula is C11H26N2O. The van der Waals surface area contributed by atoms with E-state index in [2.05, 4.69) is 18.7 Å². The SMILES string of the molecule is CCC(CC)(CN)CN(C)CC(C)O. The summed E-state index contributed by atoms with van der Waals surface area (Å²) in [6, 6.07) is 0. The van der Waals surface area contributed by atoms with Gasteiger partial charge in [0, 0.05) is 13.1 Å². The first-order chi connectivity index (χ1) is 6.49. The highest BCUT2D eigenvalue weighted by molar-refractivity contribution is 4.80. The number of hydrogen-bond acceptors (Lipinski definition) is 3. The lowest BCUT2D eigenvalue weighted by molar-refractivity contribution is 0.103.